The van der Waals surface area contributed by atoms with Gasteiger partial charge < -0.3 is 5.73 Å². The molecule has 88 valence electrons. The van der Waals surface area contributed by atoms with E-state index >= 15 is 0 Å². The fourth-order valence-corrected chi connectivity index (χ4v) is 2.15. The zero-order chi connectivity index (χ0) is 12.5. The lowest BCUT2D eigenvalue weighted by Gasteiger charge is -2.27. The molecule has 2 aromatic rings. The summed E-state index contributed by atoms with van der Waals surface area (Å²) in [6.07, 6.45) is 3.69. The second-order valence-electron chi connectivity index (χ2n) is 4.77. The van der Waals surface area contributed by atoms with E-state index in [2.05, 4.69) is 30.1 Å². The summed E-state index contributed by atoms with van der Waals surface area (Å²) >= 11 is 0. The van der Waals surface area contributed by atoms with E-state index in [1.807, 2.05) is 38.4 Å². The van der Waals surface area contributed by atoms with Crippen LogP contribution in [-0.2, 0) is 5.54 Å². The number of rotatable bonds is 2. The van der Waals surface area contributed by atoms with Gasteiger partial charge in [0.2, 0.25) is 0 Å². The summed E-state index contributed by atoms with van der Waals surface area (Å²) in [5.41, 5.74) is 10.5. The number of aromatic nitrogens is 1. The lowest BCUT2D eigenvalue weighted by Crippen LogP contribution is -2.35. The topological polar surface area (TPSA) is 38.9 Å². The first-order valence-corrected chi connectivity index (χ1v) is 5.79. The third-order valence-electron chi connectivity index (χ3n) is 3.18. The Balaban J connectivity index is 2.53. The maximum Gasteiger partial charge on any atom is 0.0654 e. The minimum absolute atomic E-state index is 0.496. The molecule has 0 amide bonds. The van der Waals surface area contributed by atoms with Crippen molar-refractivity contribution in [2.75, 3.05) is 0 Å². The third-order valence-corrected chi connectivity index (χ3v) is 3.18. The van der Waals surface area contributed by atoms with E-state index in [0.717, 1.165) is 16.7 Å². The Labute approximate surface area is 103 Å². The Bertz CT molecular complexity index is 530. The molecule has 1 atom stereocenters. The molecule has 2 heteroatoms. The van der Waals surface area contributed by atoms with Crippen LogP contribution in [0.25, 0.3) is 0 Å². The third kappa shape index (κ3) is 2.22. The second-order valence-corrected chi connectivity index (χ2v) is 4.77. The van der Waals surface area contributed by atoms with Gasteiger partial charge in [0.05, 0.1) is 5.54 Å². The molecule has 1 unspecified atom stereocenters. The van der Waals surface area contributed by atoms with Gasteiger partial charge in [-0.05, 0) is 43.0 Å². The minimum atomic E-state index is -0.496. The summed E-state index contributed by atoms with van der Waals surface area (Å²) in [5.74, 6) is 0. The Morgan fingerprint density at radius 2 is 1.82 bits per heavy atom. The van der Waals surface area contributed by atoms with E-state index < -0.39 is 5.54 Å². The molecule has 2 nitrogen and oxygen atoms in total. The summed E-state index contributed by atoms with van der Waals surface area (Å²) in [4.78, 5) is 4.23. The average molecular weight is 226 g/mol. The van der Waals surface area contributed by atoms with Crippen molar-refractivity contribution in [3.8, 4) is 0 Å². The molecule has 1 aromatic carbocycles. The van der Waals surface area contributed by atoms with E-state index in [0.29, 0.717) is 0 Å². The zero-order valence-corrected chi connectivity index (χ0v) is 10.6. The Kier molecular flexibility index (Phi) is 2.99. The maximum absolute atomic E-state index is 6.49. The van der Waals surface area contributed by atoms with Crippen LogP contribution in [0.5, 0.6) is 0 Å². The van der Waals surface area contributed by atoms with Gasteiger partial charge in [-0.15, -0.1) is 0 Å². The number of hydrogen-bond donors (Lipinski definition) is 1. The van der Waals surface area contributed by atoms with E-state index in [1.165, 1.54) is 5.56 Å². The normalized spacial score (nSPS) is 14.4. The van der Waals surface area contributed by atoms with Gasteiger partial charge in [0.15, 0.2) is 0 Å². The highest BCUT2D eigenvalue weighted by Crippen LogP contribution is 2.28. The zero-order valence-electron chi connectivity index (χ0n) is 10.6. The van der Waals surface area contributed by atoms with Crippen LogP contribution in [0.4, 0.5) is 0 Å². The number of pyridine rings is 1. The standard InChI is InChI=1S/C15H18N2/c1-11-8-13(10-17-9-11)15(3,16)14-7-5-4-6-12(14)2/h4-10H,16H2,1-3H3. The lowest BCUT2D eigenvalue weighted by molar-refractivity contribution is 0.595. The number of nitrogens with zero attached hydrogens (tertiary/aromatic N) is 1. The molecule has 0 saturated heterocycles. The molecule has 1 heterocycles. The Morgan fingerprint density at radius 1 is 1.12 bits per heavy atom. The number of benzene rings is 1. The molecule has 0 aliphatic carbocycles. The lowest BCUT2D eigenvalue weighted by atomic mass is 9.84. The van der Waals surface area contributed by atoms with Gasteiger partial charge in [-0.1, -0.05) is 30.3 Å². The smallest absolute Gasteiger partial charge is 0.0654 e. The van der Waals surface area contributed by atoms with Crippen molar-refractivity contribution in [1.82, 2.24) is 4.98 Å². The average Bonchev–Trinajstić information content (AvgIpc) is 2.29. The molecule has 17 heavy (non-hydrogen) atoms. The Hall–Kier alpha value is -1.67. The molecule has 2 rings (SSSR count). The van der Waals surface area contributed by atoms with Crippen molar-refractivity contribution < 1.29 is 0 Å². The summed E-state index contributed by atoms with van der Waals surface area (Å²) in [6, 6.07) is 10.3. The summed E-state index contributed by atoms with van der Waals surface area (Å²) in [5, 5.41) is 0. The number of hydrogen-bond acceptors (Lipinski definition) is 2. The van der Waals surface area contributed by atoms with Crippen LogP contribution in [0, 0.1) is 13.8 Å². The monoisotopic (exact) mass is 226 g/mol. The van der Waals surface area contributed by atoms with Gasteiger partial charge in [-0.25, -0.2) is 0 Å². The van der Waals surface area contributed by atoms with Crippen molar-refractivity contribution in [1.29, 1.82) is 0 Å². The van der Waals surface area contributed by atoms with Crippen LogP contribution < -0.4 is 5.73 Å². The van der Waals surface area contributed by atoms with E-state index in [1.54, 1.807) is 0 Å². The predicted molar refractivity (Wildman–Crippen MR) is 70.8 cm³/mol. The van der Waals surface area contributed by atoms with Crippen LogP contribution in [0.3, 0.4) is 0 Å². The highest BCUT2D eigenvalue weighted by molar-refractivity contribution is 5.41. The quantitative estimate of drug-likeness (QED) is 0.855. The maximum atomic E-state index is 6.49. The largest absolute Gasteiger partial charge is 0.318 e. The van der Waals surface area contributed by atoms with Gasteiger partial charge in [-0.3, -0.25) is 4.98 Å². The van der Waals surface area contributed by atoms with E-state index in [9.17, 15) is 0 Å². The molecule has 2 N–H and O–H groups in total. The van der Waals surface area contributed by atoms with Gasteiger partial charge in [0.25, 0.3) is 0 Å². The van der Waals surface area contributed by atoms with Crippen molar-refractivity contribution in [3.63, 3.8) is 0 Å². The van der Waals surface area contributed by atoms with Crippen molar-refractivity contribution >= 4 is 0 Å². The van der Waals surface area contributed by atoms with Crippen LogP contribution in [-0.4, -0.2) is 4.98 Å². The first-order chi connectivity index (χ1) is 8.01. The van der Waals surface area contributed by atoms with Crippen molar-refractivity contribution in [2.24, 2.45) is 5.73 Å². The predicted octanol–water partition coefficient (Wildman–Crippen LogP) is 2.92. The SMILES string of the molecule is Cc1cncc(C(C)(N)c2ccccc2C)c1. The highest BCUT2D eigenvalue weighted by atomic mass is 14.7. The van der Waals surface area contributed by atoms with Crippen LogP contribution in [0.1, 0.15) is 29.2 Å². The van der Waals surface area contributed by atoms with Crippen molar-refractivity contribution in [2.45, 2.75) is 26.3 Å². The van der Waals surface area contributed by atoms with Crippen LogP contribution >= 0.6 is 0 Å². The first kappa shape index (κ1) is 11.8. The van der Waals surface area contributed by atoms with E-state index in [4.69, 9.17) is 5.73 Å². The van der Waals surface area contributed by atoms with Gasteiger partial charge in [0.1, 0.15) is 0 Å². The van der Waals surface area contributed by atoms with Crippen LogP contribution in [0.15, 0.2) is 42.7 Å². The molecule has 0 radical (unpaired) electrons. The fraction of sp³-hybridized carbons (Fsp3) is 0.267. The molecule has 0 aliphatic heterocycles. The molecule has 1 aromatic heterocycles. The van der Waals surface area contributed by atoms with Gasteiger partial charge in [-0.2, -0.15) is 0 Å². The molecular weight excluding hydrogens is 208 g/mol. The molecule has 0 bridgehead atoms. The minimum Gasteiger partial charge on any atom is -0.318 e. The van der Waals surface area contributed by atoms with Crippen LogP contribution in [0.2, 0.25) is 0 Å². The molecule has 0 saturated carbocycles. The summed E-state index contributed by atoms with van der Waals surface area (Å²) in [7, 11) is 0. The summed E-state index contributed by atoms with van der Waals surface area (Å²) < 4.78 is 0. The van der Waals surface area contributed by atoms with Gasteiger partial charge in [0, 0.05) is 12.4 Å². The number of aryl methyl sites for hydroxylation is 2. The Morgan fingerprint density at radius 3 is 2.47 bits per heavy atom. The molecule has 0 spiro atoms. The summed E-state index contributed by atoms with van der Waals surface area (Å²) in [6.45, 7) is 6.15. The fourth-order valence-electron chi connectivity index (χ4n) is 2.15. The van der Waals surface area contributed by atoms with E-state index in [-0.39, 0.29) is 0 Å². The number of nitrogens with two attached hydrogens (primary N) is 1. The van der Waals surface area contributed by atoms with Crippen molar-refractivity contribution in [3.05, 3.63) is 65.0 Å². The highest BCUT2D eigenvalue weighted by Gasteiger charge is 2.25. The van der Waals surface area contributed by atoms with Gasteiger partial charge >= 0.3 is 0 Å². The molecular formula is C15H18N2. The first-order valence-electron chi connectivity index (χ1n) is 5.79. The second kappa shape index (κ2) is 4.30. The molecule has 0 fully saturated rings. The molecule has 0 aliphatic rings.